The highest BCUT2D eigenvalue weighted by Crippen LogP contribution is 2.37. The van der Waals surface area contributed by atoms with E-state index >= 15 is 0 Å². The Hall–Kier alpha value is -4.19. The number of ether oxygens (including phenoxy) is 1. The molecule has 0 radical (unpaired) electrons. The lowest BCUT2D eigenvalue weighted by atomic mass is 9.77. The lowest BCUT2D eigenvalue weighted by Gasteiger charge is -2.28. The van der Waals surface area contributed by atoms with Crippen LogP contribution >= 0.6 is 0 Å². The Morgan fingerprint density at radius 1 is 0.889 bits per heavy atom. The Morgan fingerprint density at radius 3 is 2.22 bits per heavy atom. The number of para-hydroxylation sites is 1. The first kappa shape index (κ1) is 32.2. The third-order valence-electron chi connectivity index (χ3n) is 9.30. The van der Waals surface area contributed by atoms with Crippen molar-refractivity contribution in [1.29, 1.82) is 0 Å². The minimum absolute atomic E-state index is 0.0443. The van der Waals surface area contributed by atoms with E-state index < -0.39 is 12.0 Å². The van der Waals surface area contributed by atoms with Crippen LogP contribution in [0.3, 0.4) is 0 Å². The van der Waals surface area contributed by atoms with Crippen LogP contribution in [0.2, 0.25) is 0 Å². The number of hydrogen-bond acceptors (Lipinski definition) is 4. The van der Waals surface area contributed by atoms with Crippen LogP contribution in [0, 0.1) is 5.92 Å². The second-order valence-corrected chi connectivity index (χ2v) is 13.6. The van der Waals surface area contributed by atoms with Gasteiger partial charge in [-0.25, -0.2) is 4.79 Å². The Balaban J connectivity index is 1.24. The van der Waals surface area contributed by atoms with Crippen LogP contribution in [-0.2, 0) is 21.4 Å². The summed E-state index contributed by atoms with van der Waals surface area (Å²) in [6, 6.07) is 22.0. The van der Waals surface area contributed by atoms with Crippen molar-refractivity contribution >= 4 is 28.6 Å². The van der Waals surface area contributed by atoms with Gasteiger partial charge in [0.1, 0.15) is 6.04 Å². The van der Waals surface area contributed by atoms with Crippen LogP contribution in [0.15, 0.2) is 79.0 Å². The summed E-state index contributed by atoms with van der Waals surface area (Å²) in [6.07, 6.45) is 9.56. The molecule has 0 spiro atoms. The molecule has 1 fully saturated rings. The van der Waals surface area contributed by atoms with E-state index in [-0.39, 0.29) is 30.1 Å². The third kappa shape index (κ3) is 8.10. The summed E-state index contributed by atoms with van der Waals surface area (Å²) in [5.41, 5.74) is 5.13. The third-order valence-corrected chi connectivity index (χ3v) is 9.30. The lowest BCUT2D eigenvalue weighted by Crippen LogP contribution is -2.43. The molecule has 0 saturated heterocycles. The van der Waals surface area contributed by atoms with Gasteiger partial charge in [0.15, 0.2) is 12.4 Å². The smallest absolute Gasteiger partial charge is 0.329 e. The largest absolute Gasteiger partial charge is 0.456 e. The molecule has 2 N–H and O–H groups in total. The summed E-state index contributed by atoms with van der Waals surface area (Å²) in [6.45, 7) is 8.21. The van der Waals surface area contributed by atoms with Crippen molar-refractivity contribution in [2.45, 2.75) is 90.0 Å². The molecule has 45 heavy (non-hydrogen) atoms. The first-order valence-electron chi connectivity index (χ1n) is 16.4. The number of carbonyl (C=O) groups excluding carboxylic acids is 3. The quantitative estimate of drug-likeness (QED) is 0.133. The van der Waals surface area contributed by atoms with Gasteiger partial charge in [0, 0.05) is 34.6 Å². The number of ketones is 1. The van der Waals surface area contributed by atoms with Crippen LogP contribution in [0.25, 0.3) is 10.9 Å². The van der Waals surface area contributed by atoms with Gasteiger partial charge in [-0.2, -0.15) is 0 Å². The zero-order chi connectivity index (χ0) is 32.0. The Bertz CT molecular complexity index is 1600. The van der Waals surface area contributed by atoms with E-state index in [0.717, 1.165) is 27.9 Å². The van der Waals surface area contributed by atoms with Gasteiger partial charge in [0.05, 0.1) is 0 Å². The molecule has 236 valence electrons. The fraction of sp³-hybridized carbons (Fsp3) is 0.410. The molecule has 1 aliphatic carbocycles. The average Bonchev–Trinajstić information content (AvgIpc) is 3.46. The molecule has 1 aliphatic rings. The number of carbonyl (C=O) groups is 3. The number of rotatable bonds is 11. The van der Waals surface area contributed by atoms with E-state index in [2.05, 4.69) is 38.0 Å². The minimum atomic E-state index is -0.975. The Kier molecular flexibility index (Phi) is 10.2. The van der Waals surface area contributed by atoms with Crippen LogP contribution < -0.4 is 5.32 Å². The van der Waals surface area contributed by atoms with Crippen molar-refractivity contribution in [1.82, 2.24) is 10.3 Å². The van der Waals surface area contributed by atoms with E-state index in [4.69, 9.17) is 4.74 Å². The summed E-state index contributed by atoms with van der Waals surface area (Å²) in [7, 11) is 0. The summed E-state index contributed by atoms with van der Waals surface area (Å²) < 4.78 is 5.55. The van der Waals surface area contributed by atoms with E-state index in [0.29, 0.717) is 17.0 Å². The van der Waals surface area contributed by atoms with Gasteiger partial charge in [0.2, 0.25) is 0 Å². The molecule has 0 bridgehead atoms. The highest BCUT2D eigenvalue weighted by Gasteiger charge is 2.26. The molecule has 1 amide bonds. The second-order valence-electron chi connectivity index (χ2n) is 13.6. The summed E-state index contributed by atoms with van der Waals surface area (Å²) >= 11 is 0. The predicted molar refractivity (Wildman–Crippen MR) is 180 cm³/mol. The number of amides is 1. The molecule has 6 heteroatoms. The topological polar surface area (TPSA) is 88.3 Å². The van der Waals surface area contributed by atoms with Crippen LogP contribution in [0.5, 0.6) is 0 Å². The number of hydrogen-bond donors (Lipinski definition) is 2. The minimum Gasteiger partial charge on any atom is -0.456 e. The van der Waals surface area contributed by atoms with Crippen molar-refractivity contribution < 1.29 is 19.1 Å². The normalized spacial score (nSPS) is 17.5. The van der Waals surface area contributed by atoms with E-state index in [1.165, 1.54) is 44.1 Å². The van der Waals surface area contributed by atoms with Gasteiger partial charge in [-0.05, 0) is 77.8 Å². The maximum Gasteiger partial charge on any atom is 0.329 e. The number of benzene rings is 3. The molecule has 0 unspecified atom stereocenters. The highest BCUT2D eigenvalue weighted by atomic mass is 16.5. The molecule has 1 aromatic heterocycles. The molecule has 5 rings (SSSR count). The van der Waals surface area contributed by atoms with Gasteiger partial charge in [-0.3, -0.25) is 9.59 Å². The predicted octanol–water partition coefficient (Wildman–Crippen LogP) is 8.31. The van der Waals surface area contributed by atoms with E-state index in [9.17, 15) is 14.4 Å². The molecule has 0 aliphatic heterocycles. The Morgan fingerprint density at radius 2 is 1.56 bits per heavy atom. The first-order valence-corrected chi connectivity index (χ1v) is 16.4. The van der Waals surface area contributed by atoms with Gasteiger partial charge in [-0.15, -0.1) is 0 Å². The van der Waals surface area contributed by atoms with Crippen LogP contribution in [0.1, 0.15) is 110 Å². The second kappa shape index (κ2) is 14.3. The van der Waals surface area contributed by atoms with Gasteiger partial charge < -0.3 is 15.0 Å². The molecule has 6 nitrogen and oxygen atoms in total. The molecule has 1 saturated carbocycles. The van der Waals surface area contributed by atoms with Crippen molar-refractivity contribution in [3.8, 4) is 0 Å². The molecule has 1 heterocycles. The molecular formula is C39H46N2O4. The SMILES string of the molecule is CCCC1CCC(c2ccc(C(=O)COC(=O)[C@H](Cc3c[nH]c4ccccc34)NC(=O)c3ccc(C(C)(C)C)cc3)cc2)CC1. The summed E-state index contributed by atoms with van der Waals surface area (Å²) in [4.78, 5) is 43.0. The number of fused-ring (bicyclic) bond motifs is 1. The van der Waals surface area contributed by atoms with Crippen molar-refractivity contribution in [3.05, 3.63) is 107 Å². The van der Waals surface area contributed by atoms with Gasteiger partial charge in [0.25, 0.3) is 5.91 Å². The zero-order valence-corrected chi connectivity index (χ0v) is 27.0. The summed E-state index contributed by atoms with van der Waals surface area (Å²) in [5.74, 6) is 0.104. The standard InChI is InChI=1S/C39H46N2O4/c1-5-8-26-11-13-27(14-12-26)28-15-17-29(18-16-28)36(42)25-45-38(44)35(23-31-24-40-34-10-7-6-9-33(31)34)41-37(43)30-19-21-32(22-20-30)39(2,3)4/h6-7,9-10,15-22,24,26-27,35,40H,5,8,11-14,23,25H2,1-4H3,(H,41,43)/t26?,27?,35-/m0/s1. The van der Waals surface area contributed by atoms with Crippen molar-refractivity contribution in [3.63, 3.8) is 0 Å². The fourth-order valence-corrected chi connectivity index (χ4v) is 6.53. The highest BCUT2D eigenvalue weighted by molar-refractivity contribution is 5.99. The van der Waals surface area contributed by atoms with Gasteiger partial charge >= 0.3 is 5.97 Å². The van der Waals surface area contributed by atoms with Crippen LogP contribution in [0.4, 0.5) is 0 Å². The first-order chi connectivity index (χ1) is 21.6. The molecule has 3 aromatic carbocycles. The number of aromatic nitrogens is 1. The monoisotopic (exact) mass is 606 g/mol. The molecular weight excluding hydrogens is 560 g/mol. The number of nitrogens with one attached hydrogen (secondary N) is 2. The fourth-order valence-electron chi connectivity index (χ4n) is 6.53. The average molecular weight is 607 g/mol. The zero-order valence-electron chi connectivity index (χ0n) is 27.0. The lowest BCUT2D eigenvalue weighted by molar-refractivity contribution is -0.144. The van der Waals surface area contributed by atoms with E-state index in [1.807, 2.05) is 66.9 Å². The van der Waals surface area contributed by atoms with Crippen LogP contribution in [-0.4, -0.2) is 35.3 Å². The maximum atomic E-state index is 13.4. The number of H-pyrrole nitrogens is 1. The van der Waals surface area contributed by atoms with E-state index in [1.54, 1.807) is 12.1 Å². The number of aromatic amines is 1. The molecule has 1 atom stereocenters. The summed E-state index contributed by atoms with van der Waals surface area (Å²) in [5, 5.41) is 3.84. The van der Waals surface area contributed by atoms with Crippen molar-refractivity contribution in [2.24, 2.45) is 5.92 Å². The number of esters is 1. The van der Waals surface area contributed by atoms with Gasteiger partial charge in [-0.1, -0.05) is 95.1 Å². The maximum absolute atomic E-state index is 13.4. The number of Topliss-reactive ketones (excluding diaryl/α,β-unsaturated/α-hetero) is 1. The van der Waals surface area contributed by atoms with Crippen molar-refractivity contribution in [2.75, 3.05) is 6.61 Å². The molecule has 4 aromatic rings. The Labute approximate surface area is 267 Å².